The number of amides is 1. The second-order valence-electron chi connectivity index (χ2n) is 9.11. The van der Waals surface area contributed by atoms with Crippen LogP contribution in [0.5, 0.6) is 0 Å². The SMILES string of the molecule is Cc1cccc(-c2noc(N3CCOCC3)c2CN(CC2CCCO2)C(=O)c2ccc(Cl)cc2)c1. The molecule has 35 heavy (non-hydrogen) atoms. The molecule has 3 heterocycles. The molecule has 0 bridgehead atoms. The lowest BCUT2D eigenvalue weighted by molar-refractivity contribution is 0.0507. The Morgan fingerprint density at radius 2 is 1.94 bits per heavy atom. The molecule has 2 fully saturated rings. The van der Waals surface area contributed by atoms with Crippen molar-refractivity contribution < 1.29 is 18.8 Å². The van der Waals surface area contributed by atoms with E-state index in [-0.39, 0.29) is 12.0 Å². The molecule has 1 unspecified atom stereocenters. The summed E-state index contributed by atoms with van der Waals surface area (Å²) in [5.74, 6) is 0.632. The van der Waals surface area contributed by atoms with Gasteiger partial charge < -0.3 is 23.8 Å². The second-order valence-corrected chi connectivity index (χ2v) is 9.55. The van der Waals surface area contributed by atoms with Gasteiger partial charge in [-0.05, 0) is 50.1 Å². The summed E-state index contributed by atoms with van der Waals surface area (Å²) in [6.45, 7) is 6.34. The zero-order valence-corrected chi connectivity index (χ0v) is 20.7. The molecule has 1 aromatic heterocycles. The predicted octanol–water partition coefficient (Wildman–Crippen LogP) is 4.96. The average Bonchev–Trinajstić information content (AvgIpc) is 3.54. The fourth-order valence-corrected chi connectivity index (χ4v) is 4.82. The fraction of sp³-hybridized carbons (Fsp3) is 0.407. The van der Waals surface area contributed by atoms with Crippen LogP contribution in [0.15, 0.2) is 53.1 Å². The predicted molar refractivity (Wildman–Crippen MR) is 135 cm³/mol. The Bertz CT molecular complexity index is 1150. The summed E-state index contributed by atoms with van der Waals surface area (Å²) in [7, 11) is 0. The summed E-state index contributed by atoms with van der Waals surface area (Å²) in [5, 5.41) is 5.09. The Morgan fingerprint density at radius 1 is 1.14 bits per heavy atom. The molecule has 184 valence electrons. The molecule has 8 heteroatoms. The summed E-state index contributed by atoms with van der Waals surface area (Å²) >= 11 is 6.08. The number of benzene rings is 2. The summed E-state index contributed by atoms with van der Waals surface area (Å²) in [6, 6.07) is 15.2. The maximum atomic E-state index is 13.7. The highest BCUT2D eigenvalue weighted by atomic mass is 35.5. The Morgan fingerprint density at radius 3 is 2.66 bits per heavy atom. The number of nitrogens with zero attached hydrogens (tertiary/aromatic N) is 3. The molecule has 1 amide bonds. The first kappa shape index (κ1) is 23.9. The van der Waals surface area contributed by atoms with Crippen LogP contribution in [0.2, 0.25) is 5.02 Å². The van der Waals surface area contributed by atoms with E-state index in [1.165, 1.54) is 0 Å². The number of aryl methyl sites for hydroxylation is 1. The van der Waals surface area contributed by atoms with Crippen LogP contribution in [0.25, 0.3) is 11.3 Å². The number of halogens is 1. The average molecular weight is 496 g/mol. The van der Waals surface area contributed by atoms with E-state index in [0.29, 0.717) is 55.9 Å². The largest absolute Gasteiger partial charge is 0.378 e. The van der Waals surface area contributed by atoms with Crippen molar-refractivity contribution >= 4 is 23.4 Å². The number of carbonyl (C=O) groups excluding carboxylic acids is 1. The highest BCUT2D eigenvalue weighted by Gasteiger charge is 2.30. The van der Waals surface area contributed by atoms with Gasteiger partial charge in [-0.25, -0.2) is 0 Å². The van der Waals surface area contributed by atoms with Crippen LogP contribution >= 0.6 is 11.6 Å². The number of morpholine rings is 1. The van der Waals surface area contributed by atoms with Crippen molar-refractivity contribution in [1.82, 2.24) is 10.1 Å². The van der Waals surface area contributed by atoms with E-state index in [2.05, 4.69) is 29.1 Å². The molecule has 0 saturated carbocycles. The van der Waals surface area contributed by atoms with Crippen LogP contribution in [0.3, 0.4) is 0 Å². The van der Waals surface area contributed by atoms with Gasteiger partial charge in [-0.3, -0.25) is 4.79 Å². The molecule has 1 atom stereocenters. The third-order valence-electron chi connectivity index (χ3n) is 6.53. The van der Waals surface area contributed by atoms with Gasteiger partial charge in [0, 0.05) is 42.4 Å². The third-order valence-corrected chi connectivity index (χ3v) is 6.78. The number of carbonyl (C=O) groups is 1. The van der Waals surface area contributed by atoms with E-state index in [1.807, 2.05) is 17.0 Å². The topological polar surface area (TPSA) is 68.0 Å². The number of hydrogen-bond donors (Lipinski definition) is 0. The van der Waals surface area contributed by atoms with E-state index in [0.717, 1.165) is 41.8 Å². The van der Waals surface area contributed by atoms with Crippen molar-refractivity contribution in [3.63, 3.8) is 0 Å². The molecule has 2 aliphatic heterocycles. The molecule has 0 spiro atoms. The second kappa shape index (κ2) is 10.8. The number of aromatic nitrogens is 1. The Balaban J connectivity index is 1.52. The molecular weight excluding hydrogens is 466 g/mol. The molecule has 0 radical (unpaired) electrons. The van der Waals surface area contributed by atoms with Crippen LogP contribution in [-0.2, 0) is 16.0 Å². The lowest BCUT2D eigenvalue weighted by Gasteiger charge is -2.29. The number of anilines is 1. The van der Waals surface area contributed by atoms with Crippen LogP contribution < -0.4 is 4.90 Å². The molecule has 2 saturated heterocycles. The summed E-state index contributed by atoms with van der Waals surface area (Å²) in [5.41, 5.74) is 4.36. The molecule has 7 nitrogen and oxygen atoms in total. The molecule has 3 aromatic rings. The van der Waals surface area contributed by atoms with E-state index >= 15 is 0 Å². The quantitative estimate of drug-likeness (QED) is 0.461. The molecule has 0 aliphatic carbocycles. The number of hydrogen-bond acceptors (Lipinski definition) is 6. The third kappa shape index (κ3) is 5.53. The zero-order valence-electron chi connectivity index (χ0n) is 19.9. The van der Waals surface area contributed by atoms with Crippen molar-refractivity contribution in [3.8, 4) is 11.3 Å². The van der Waals surface area contributed by atoms with E-state index < -0.39 is 0 Å². The molecular formula is C27H30ClN3O4. The normalized spacial score (nSPS) is 18.1. The van der Waals surface area contributed by atoms with Crippen molar-refractivity contribution in [2.75, 3.05) is 44.4 Å². The first-order chi connectivity index (χ1) is 17.1. The smallest absolute Gasteiger partial charge is 0.254 e. The van der Waals surface area contributed by atoms with Gasteiger partial charge >= 0.3 is 0 Å². The molecule has 2 aromatic carbocycles. The van der Waals surface area contributed by atoms with Crippen molar-refractivity contribution in [2.24, 2.45) is 0 Å². The van der Waals surface area contributed by atoms with Crippen LogP contribution in [0.4, 0.5) is 5.88 Å². The first-order valence-electron chi connectivity index (χ1n) is 12.1. The zero-order chi connectivity index (χ0) is 24.2. The number of ether oxygens (including phenoxy) is 2. The van der Waals surface area contributed by atoms with Crippen LogP contribution in [0.1, 0.15) is 34.3 Å². The molecule has 0 N–H and O–H groups in total. The van der Waals surface area contributed by atoms with E-state index in [9.17, 15) is 4.79 Å². The first-order valence-corrected chi connectivity index (χ1v) is 12.5. The van der Waals surface area contributed by atoms with E-state index in [1.54, 1.807) is 24.3 Å². The maximum Gasteiger partial charge on any atom is 0.254 e. The minimum absolute atomic E-state index is 0.0142. The highest BCUT2D eigenvalue weighted by Crippen LogP contribution is 2.34. The lowest BCUT2D eigenvalue weighted by atomic mass is 10.0. The summed E-state index contributed by atoms with van der Waals surface area (Å²) in [4.78, 5) is 17.7. The van der Waals surface area contributed by atoms with Gasteiger partial charge in [-0.15, -0.1) is 0 Å². The van der Waals surface area contributed by atoms with Gasteiger partial charge in [-0.2, -0.15) is 0 Å². The monoisotopic (exact) mass is 495 g/mol. The van der Waals surface area contributed by atoms with Crippen LogP contribution in [0, 0.1) is 6.92 Å². The summed E-state index contributed by atoms with van der Waals surface area (Å²) < 4.78 is 17.4. The van der Waals surface area contributed by atoms with Gasteiger partial charge in [0.25, 0.3) is 5.91 Å². The Labute approximate surface area is 210 Å². The summed E-state index contributed by atoms with van der Waals surface area (Å²) in [6.07, 6.45) is 1.96. The van der Waals surface area contributed by atoms with Gasteiger partial charge in [0.1, 0.15) is 5.69 Å². The Hall–Kier alpha value is -2.87. The standard InChI is InChI=1S/C27H30ClN3O4/c1-19-4-2-5-21(16-19)25-24(27(35-29-25)30-11-14-33-15-12-30)18-31(17-23-6-3-13-34-23)26(32)20-7-9-22(28)10-8-20/h2,4-5,7-10,16,23H,3,6,11-15,17-18H2,1H3. The fourth-order valence-electron chi connectivity index (χ4n) is 4.70. The van der Waals surface area contributed by atoms with Crippen molar-refractivity contribution in [3.05, 3.63) is 70.2 Å². The van der Waals surface area contributed by atoms with E-state index in [4.69, 9.17) is 25.6 Å². The number of rotatable bonds is 7. The maximum absolute atomic E-state index is 13.7. The lowest BCUT2D eigenvalue weighted by Crippen LogP contribution is -2.39. The minimum atomic E-state index is -0.0681. The van der Waals surface area contributed by atoms with Gasteiger partial charge in [0.05, 0.1) is 31.4 Å². The van der Waals surface area contributed by atoms with Crippen molar-refractivity contribution in [2.45, 2.75) is 32.4 Å². The Kier molecular flexibility index (Phi) is 7.37. The molecule has 5 rings (SSSR count). The van der Waals surface area contributed by atoms with Gasteiger partial charge in [-0.1, -0.05) is 40.5 Å². The van der Waals surface area contributed by atoms with Crippen LogP contribution in [-0.4, -0.2) is 61.5 Å². The van der Waals surface area contributed by atoms with Gasteiger partial charge in [0.15, 0.2) is 0 Å². The molecule has 2 aliphatic rings. The van der Waals surface area contributed by atoms with Gasteiger partial charge in [0.2, 0.25) is 5.88 Å². The minimum Gasteiger partial charge on any atom is -0.378 e. The highest BCUT2D eigenvalue weighted by molar-refractivity contribution is 6.30. The van der Waals surface area contributed by atoms with Crippen molar-refractivity contribution in [1.29, 1.82) is 0 Å².